The van der Waals surface area contributed by atoms with E-state index >= 15 is 0 Å². The van der Waals surface area contributed by atoms with Gasteiger partial charge in [-0.05, 0) is 12.1 Å². The van der Waals surface area contributed by atoms with Crippen molar-refractivity contribution in [3.8, 4) is 5.69 Å². The van der Waals surface area contributed by atoms with E-state index in [1.165, 1.54) is 18.2 Å². The fraction of sp³-hybridized carbons (Fsp3) is 0.111. The molecule has 2 rings (SSSR count). The number of aromatic nitrogens is 3. The van der Waals surface area contributed by atoms with Crippen LogP contribution in [-0.4, -0.2) is 19.9 Å². The Morgan fingerprint density at radius 2 is 2.20 bits per heavy atom. The van der Waals surface area contributed by atoms with Crippen molar-refractivity contribution in [3.63, 3.8) is 0 Å². The maximum absolute atomic E-state index is 13.3. The lowest BCUT2D eigenvalue weighted by Gasteiger charge is -1.99. The molecule has 0 bridgehead atoms. The minimum absolute atomic E-state index is 0.0541. The first-order valence-electron chi connectivity index (χ1n) is 4.26. The molecule has 1 heterocycles. The van der Waals surface area contributed by atoms with Crippen LogP contribution in [0.25, 0.3) is 5.69 Å². The molecular formula is C9H8FN3O2. The molecule has 0 aliphatic carbocycles. The molecule has 0 radical (unpaired) electrons. The number of halogens is 1. The third-order valence-corrected chi connectivity index (χ3v) is 1.89. The zero-order valence-corrected chi connectivity index (χ0v) is 7.64. The second-order valence-electron chi connectivity index (χ2n) is 2.90. The number of aliphatic hydroxyl groups excluding tert-OH is 1. The second kappa shape index (κ2) is 3.66. The molecule has 1 aromatic heterocycles. The summed E-state index contributed by atoms with van der Waals surface area (Å²) >= 11 is 0. The van der Waals surface area contributed by atoms with Gasteiger partial charge in [0.25, 0.3) is 0 Å². The lowest BCUT2D eigenvalue weighted by Crippen LogP contribution is -2.17. The molecule has 5 nitrogen and oxygen atoms in total. The largest absolute Gasteiger partial charge is 0.388 e. The first-order chi connectivity index (χ1) is 7.22. The number of para-hydroxylation sites is 1. The second-order valence-corrected chi connectivity index (χ2v) is 2.90. The topological polar surface area (TPSA) is 70.9 Å². The highest BCUT2D eigenvalue weighted by Gasteiger charge is 2.09. The molecule has 0 saturated heterocycles. The Labute approximate surface area is 83.8 Å². The van der Waals surface area contributed by atoms with Gasteiger partial charge >= 0.3 is 5.69 Å². The molecule has 0 atom stereocenters. The lowest BCUT2D eigenvalue weighted by molar-refractivity contribution is 0.271. The molecule has 6 heteroatoms. The Morgan fingerprint density at radius 3 is 2.80 bits per heavy atom. The summed E-state index contributed by atoms with van der Waals surface area (Å²) in [7, 11) is 0. The molecule has 0 fully saturated rings. The minimum atomic E-state index is -0.579. The number of hydrogen-bond acceptors (Lipinski definition) is 3. The van der Waals surface area contributed by atoms with Crippen LogP contribution in [0.15, 0.2) is 29.1 Å². The summed E-state index contributed by atoms with van der Waals surface area (Å²) in [5.41, 5.74) is -0.525. The third-order valence-electron chi connectivity index (χ3n) is 1.89. The number of nitrogens with zero attached hydrogens (tertiary/aromatic N) is 2. The van der Waals surface area contributed by atoms with Gasteiger partial charge in [0.2, 0.25) is 0 Å². The quantitative estimate of drug-likeness (QED) is 0.741. The summed E-state index contributed by atoms with van der Waals surface area (Å²) < 4.78 is 14.2. The first-order valence-corrected chi connectivity index (χ1v) is 4.26. The van der Waals surface area contributed by atoms with Gasteiger partial charge in [0.15, 0.2) is 5.82 Å². The average Bonchev–Trinajstić information content (AvgIpc) is 2.60. The smallest absolute Gasteiger partial charge is 0.348 e. The minimum Gasteiger partial charge on any atom is -0.388 e. The fourth-order valence-electron chi connectivity index (χ4n) is 1.23. The predicted octanol–water partition coefficient (Wildman–Crippen LogP) is 0.192. The Balaban J connectivity index is 2.59. The molecule has 0 spiro atoms. The van der Waals surface area contributed by atoms with E-state index in [9.17, 15) is 9.18 Å². The van der Waals surface area contributed by atoms with Crippen molar-refractivity contribution in [1.29, 1.82) is 0 Å². The summed E-state index contributed by atoms with van der Waals surface area (Å²) in [5, 5.41) is 12.5. The normalized spacial score (nSPS) is 10.5. The third kappa shape index (κ3) is 1.66. The van der Waals surface area contributed by atoms with Crippen LogP contribution in [-0.2, 0) is 6.61 Å². The summed E-state index contributed by atoms with van der Waals surface area (Å²) in [6.45, 7) is -0.392. The van der Waals surface area contributed by atoms with Crippen molar-refractivity contribution < 1.29 is 9.50 Å². The van der Waals surface area contributed by atoms with Gasteiger partial charge in [-0.15, -0.1) is 5.10 Å². The number of rotatable bonds is 2. The number of aromatic amines is 1. The van der Waals surface area contributed by atoms with Crippen molar-refractivity contribution >= 4 is 0 Å². The van der Waals surface area contributed by atoms with E-state index in [-0.39, 0.29) is 11.5 Å². The zero-order valence-electron chi connectivity index (χ0n) is 7.64. The van der Waals surface area contributed by atoms with Gasteiger partial charge < -0.3 is 5.11 Å². The highest BCUT2D eigenvalue weighted by molar-refractivity contribution is 5.31. The van der Waals surface area contributed by atoms with Crippen LogP contribution in [0.2, 0.25) is 0 Å². The van der Waals surface area contributed by atoms with E-state index in [4.69, 9.17) is 5.11 Å². The molecular weight excluding hydrogens is 201 g/mol. The van der Waals surface area contributed by atoms with Crippen molar-refractivity contribution in [2.45, 2.75) is 6.61 Å². The molecule has 2 N–H and O–H groups in total. The SMILES string of the molecule is O=c1[nH]c(CO)nn1-c1ccccc1F. The van der Waals surface area contributed by atoms with Crippen LogP contribution < -0.4 is 5.69 Å². The highest BCUT2D eigenvalue weighted by Crippen LogP contribution is 2.08. The van der Waals surface area contributed by atoms with Crippen LogP contribution in [0.1, 0.15) is 5.82 Å². The number of aliphatic hydroxyl groups is 1. The van der Waals surface area contributed by atoms with Gasteiger partial charge in [0.1, 0.15) is 18.1 Å². The Hall–Kier alpha value is -1.95. The van der Waals surface area contributed by atoms with Gasteiger partial charge in [-0.1, -0.05) is 12.1 Å². The maximum Gasteiger partial charge on any atom is 0.348 e. The fourth-order valence-corrected chi connectivity index (χ4v) is 1.23. The molecule has 78 valence electrons. The van der Waals surface area contributed by atoms with E-state index in [0.29, 0.717) is 0 Å². The molecule has 15 heavy (non-hydrogen) atoms. The van der Waals surface area contributed by atoms with Crippen LogP contribution in [0.4, 0.5) is 4.39 Å². The summed E-state index contributed by atoms with van der Waals surface area (Å²) in [6, 6.07) is 5.77. The Bertz CT molecular complexity index is 532. The van der Waals surface area contributed by atoms with Crippen LogP contribution in [0, 0.1) is 5.82 Å². The number of hydrogen-bond donors (Lipinski definition) is 2. The van der Waals surface area contributed by atoms with E-state index in [1.54, 1.807) is 6.07 Å². The highest BCUT2D eigenvalue weighted by atomic mass is 19.1. The van der Waals surface area contributed by atoms with Crippen LogP contribution >= 0.6 is 0 Å². The molecule has 0 aliphatic heterocycles. The van der Waals surface area contributed by atoms with E-state index < -0.39 is 18.1 Å². The molecule has 0 unspecified atom stereocenters. The number of benzene rings is 1. The van der Waals surface area contributed by atoms with Gasteiger partial charge in [0.05, 0.1) is 0 Å². The Kier molecular flexibility index (Phi) is 2.34. The van der Waals surface area contributed by atoms with Gasteiger partial charge in [-0.25, -0.2) is 9.18 Å². The van der Waals surface area contributed by atoms with E-state index in [1.807, 2.05) is 0 Å². The average molecular weight is 209 g/mol. The molecule has 2 aromatic rings. The summed E-state index contributed by atoms with van der Waals surface area (Å²) in [6.07, 6.45) is 0. The predicted molar refractivity (Wildman–Crippen MR) is 50.1 cm³/mol. The lowest BCUT2D eigenvalue weighted by atomic mass is 10.3. The van der Waals surface area contributed by atoms with Crippen molar-refractivity contribution in [1.82, 2.24) is 14.8 Å². The van der Waals surface area contributed by atoms with E-state index in [2.05, 4.69) is 10.1 Å². The van der Waals surface area contributed by atoms with Crippen LogP contribution in [0.3, 0.4) is 0 Å². The van der Waals surface area contributed by atoms with Crippen molar-refractivity contribution in [2.75, 3.05) is 0 Å². The first kappa shape index (κ1) is 9.60. The standard InChI is InChI=1S/C9H8FN3O2/c10-6-3-1-2-4-7(6)13-9(15)11-8(5-14)12-13/h1-4,14H,5H2,(H,11,12,15). The van der Waals surface area contributed by atoms with Gasteiger partial charge in [-0.3, -0.25) is 4.98 Å². The van der Waals surface area contributed by atoms with Crippen molar-refractivity contribution in [3.05, 3.63) is 46.4 Å². The van der Waals surface area contributed by atoms with Gasteiger partial charge in [0, 0.05) is 0 Å². The summed E-state index contributed by atoms with van der Waals surface area (Å²) in [4.78, 5) is 13.6. The van der Waals surface area contributed by atoms with Gasteiger partial charge in [-0.2, -0.15) is 4.68 Å². The van der Waals surface area contributed by atoms with Crippen LogP contribution in [0.5, 0.6) is 0 Å². The molecule has 0 aliphatic rings. The maximum atomic E-state index is 13.3. The number of H-pyrrole nitrogens is 1. The van der Waals surface area contributed by atoms with Crippen molar-refractivity contribution in [2.24, 2.45) is 0 Å². The van der Waals surface area contributed by atoms with E-state index in [0.717, 1.165) is 4.68 Å². The summed E-state index contributed by atoms with van der Waals surface area (Å²) in [5.74, 6) is -0.446. The molecule has 1 aromatic carbocycles. The number of nitrogens with one attached hydrogen (secondary N) is 1. The Morgan fingerprint density at radius 1 is 1.47 bits per heavy atom. The zero-order chi connectivity index (χ0) is 10.8. The molecule has 0 amide bonds. The molecule has 0 saturated carbocycles. The monoisotopic (exact) mass is 209 g/mol.